The maximum atomic E-state index is 6.07. The Morgan fingerprint density at radius 2 is 2.24 bits per heavy atom. The van der Waals surface area contributed by atoms with Crippen molar-refractivity contribution >= 4 is 11.5 Å². The second kappa shape index (κ2) is 7.09. The molecule has 2 aromatic heterocycles. The minimum Gasteiger partial charge on any atom is -0.384 e. The van der Waals surface area contributed by atoms with Gasteiger partial charge in [-0.3, -0.25) is 0 Å². The maximum Gasteiger partial charge on any atom is 0.173 e. The van der Waals surface area contributed by atoms with Crippen LogP contribution in [0.2, 0.25) is 0 Å². The number of fused-ring (bicyclic) bond motifs is 1. The van der Waals surface area contributed by atoms with E-state index in [9.17, 15) is 0 Å². The maximum absolute atomic E-state index is 6.07. The normalized spacial score (nSPS) is 17.6. The van der Waals surface area contributed by atoms with Gasteiger partial charge in [-0.1, -0.05) is 19.8 Å². The standard InChI is InChI=1S/C14H17N5.C2H6/c1-2-4-11-9-17-19-13(15)7-12(18-14(11)19)10-5-3-6-16-8-10;1-2/h7,9-10,16H,3,5-6,8,15H2,1H3;1-2H3. The van der Waals surface area contributed by atoms with Crippen molar-refractivity contribution in [1.29, 1.82) is 0 Å². The van der Waals surface area contributed by atoms with Crippen molar-refractivity contribution in [3.63, 3.8) is 0 Å². The first-order valence-electron chi connectivity index (χ1n) is 7.57. The van der Waals surface area contributed by atoms with Crippen molar-refractivity contribution in [2.75, 3.05) is 18.8 Å². The highest BCUT2D eigenvalue weighted by Gasteiger charge is 2.19. The van der Waals surface area contributed by atoms with Gasteiger partial charge in [0.2, 0.25) is 0 Å². The number of nitrogens with zero attached hydrogens (tertiary/aromatic N) is 3. The summed E-state index contributed by atoms with van der Waals surface area (Å²) in [5.41, 5.74) is 8.70. The van der Waals surface area contributed by atoms with Gasteiger partial charge in [-0.05, 0) is 26.3 Å². The first-order valence-corrected chi connectivity index (χ1v) is 7.57. The fraction of sp³-hybridized carbons (Fsp3) is 0.500. The molecular weight excluding hydrogens is 262 g/mol. The molecule has 5 nitrogen and oxygen atoms in total. The van der Waals surface area contributed by atoms with E-state index in [1.54, 1.807) is 10.7 Å². The summed E-state index contributed by atoms with van der Waals surface area (Å²) in [6, 6.07) is 1.93. The topological polar surface area (TPSA) is 68.2 Å². The van der Waals surface area contributed by atoms with Gasteiger partial charge in [0, 0.05) is 18.5 Å². The van der Waals surface area contributed by atoms with Gasteiger partial charge in [-0.2, -0.15) is 9.61 Å². The number of anilines is 1. The largest absolute Gasteiger partial charge is 0.384 e. The first-order chi connectivity index (χ1) is 10.3. The summed E-state index contributed by atoms with van der Waals surface area (Å²) in [7, 11) is 0. The van der Waals surface area contributed by atoms with Crippen LogP contribution in [0.5, 0.6) is 0 Å². The monoisotopic (exact) mass is 285 g/mol. The van der Waals surface area contributed by atoms with E-state index in [-0.39, 0.29) is 0 Å². The van der Waals surface area contributed by atoms with Gasteiger partial charge in [0.15, 0.2) is 5.65 Å². The summed E-state index contributed by atoms with van der Waals surface area (Å²) < 4.78 is 1.65. The molecule has 2 aromatic rings. The zero-order chi connectivity index (χ0) is 15.2. The fourth-order valence-electron chi connectivity index (χ4n) is 2.54. The number of hydrogen-bond acceptors (Lipinski definition) is 4. The highest BCUT2D eigenvalue weighted by atomic mass is 15.3. The summed E-state index contributed by atoms with van der Waals surface area (Å²) >= 11 is 0. The lowest BCUT2D eigenvalue weighted by atomic mass is 9.96. The Hall–Kier alpha value is -2.06. The Balaban J connectivity index is 0.000000774. The van der Waals surface area contributed by atoms with Gasteiger partial charge in [0.25, 0.3) is 0 Å². The van der Waals surface area contributed by atoms with Gasteiger partial charge in [-0.15, -0.1) is 5.92 Å². The number of nitrogens with two attached hydrogens (primary N) is 1. The second-order valence-electron chi connectivity index (χ2n) is 4.82. The Bertz CT molecular complexity index is 656. The van der Waals surface area contributed by atoms with Gasteiger partial charge < -0.3 is 11.1 Å². The molecule has 0 spiro atoms. The number of hydrogen-bond donors (Lipinski definition) is 2. The predicted molar refractivity (Wildman–Crippen MR) is 86.1 cm³/mol. The Labute approximate surface area is 125 Å². The number of nitrogen functional groups attached to an aromatic ring is 1. The van der Waals surface area contributed by atoms with Crippen LogP contribution in [0.25, 0.3) is 5.65 Å². The van der Waals surface area contributed by atoms with Gasteiger partial charge >= 0.3 is 0 Å². The van der Waals surface area contributed by atoms with Crippen LogP contribution >= 0.6 is 0 Å². The Morgan fingerprint density at radius 1 is 1.43 bits per heavy atom. The molecule has 0 aromatic carbocycles. The molecule has 1 saturated heterocycles. The summed E-state index contributed by atoms with van der Waals surface area (Å²) in [6.45, 7) is 7.86. The number of rotatable bonds is 1. The van der Waals surface area contributed by atoms with Gasteiger partial charge in [0.05, 0.1) is 17.5 Å². The number of aromatic nitrogens is 3. The fourth-order valence-corrected chi connectivity index (χ4v) is 2.54. The molecule has 1 aliphatic rings. The smallest absolute Gasteiger partial charge is 0.173 e. The molecule has 5 heteroatoms. The molecule has 112 valence electrons. The zero-order valence-corrected chi connectivity index (χ0v) is 13.0. The van der Waals surface area contributed by atoms with Crippen LogP contribution in [-0.2, 0) is 0 Å². The van der Waals surface area contributed by atoms with E-state index in [1.807, 2.05) is 26.8 Å². The molecule has 3 heterocycles. The first kappa shape index (κ1) is 15.3. The summed E-state index contributed by atoms with van der Waals surface area (Å²) in [5.74, 6) is 6.95. The van der Waals surface area contributed by atoms with Crippen LogP contribution in [0, 0.1) is 11.8 Å². The van der Waals surface area contributed by atoms with E-state index >= 15 is 0 Å². The number of nitrogens with one attached hydrogen (secondary N) is 1. The van der Waals surface area contributed by atoms with Crippen molar-refractivity contribution < 1.29 is 0 Å². The average molecular weight is 285 g/mol. The van der Waals surface area contributed by atoms with E-state index in [0.29, 0.717) is 11.7 Å². The van der Waals surface area contributed by atoms with Crippen LogP contribution < -0.4 is 11.1 Å². The highest BCUT2D eigenvalue weighted by molar-refractivity contribution is 5.59. The van der Waals surface area contributed by atoms with Gasteiger partial charge in [-0.25, -0.2) is 4.98 Å². The molecule has 0 radical (unpaired) electrons. The summed E-state index contributed by atoms with van der Waals surface area (Å²) in [6.07, 6.45) is 4.05. The van der Waals surface area contributed by atoms with E-state index in [4.69, 9.17) is 10.7 Å². The quantitative estimate of drug-likeness (QED) is 0.788. The molecule has 0 amide bonds. The van der Waals surface area contributed by atoms with E-state index < -0.39 is 0 Å². The summed E-state index contributed by atoms with van der Waals surface area (Å²) in [4.78, 5) is 4.72. The third-order valence-corrected chi connectivity index (χ3v) is 3.49. The van der Waals surface area contributed by atoms with Crippen LogP contribution in [0.1, 0.15) is 50.8 Å². The lowest BCUT2D eigenvalue weighted by Crippen LogP contribution is -2.29. The molecule has 3 N–H and O–H groups in total. The molecule has 0 bridgehead atoms. The van der Waals surface area contributed by atoms with Gasteiger partial charge in [0.1, 0.15) is 5.82 Å². The Kier molecular flexibility index (Phi) is 5.18. The minimum absolute atomic E-state index is 0.429. The predicted octanol–water partition coefficient (Wildman–Crippen LogP) is 2.18. The lowest BCUT2D eigenvalue weighted by molar-refractivity contribution is 0.455. The van der Waals surface area contributed by atoms with Crippen molar-refractivity contribution in [2.24, 2.45) is 0 Å². The molecular formula is C16H23N5. The second-order valence-corrected chi connectivity index (χ2v) is 4.82. The van der Waals surface area contributed by atoms with Crippen LogP contribution in [0.4, 0.5) is 5.82 Å². The third kappa shape index (κ3) is 3.17. The molecule has 21 heavy (non-hydrogen) atoms. The van der Waals surface area contributed by atoms with Crippen LogP contribution in [0.3, 0.4) is 0 Å². The summed E-state index contributed by atoms with van der Waals surface area (Å²) in [5, 5.41) is 7.64. The van der Waals surface area contributed by atoms with Crippen LogP contribution in [0.15, 0.2) is 12.3 Å². The zero-order valence-electron chi connectivity index (χ0n) is 13.0. The Morgan fingerprint density at radius 3 is 2.90 bits per heavy atom. The van der Waals surface area contributed by atoms with E-state index in [2.05, 4.69) is 22.3 Å². The van der Waals surface area contributed by atoms with Crippen molar-refractivity contribution in [3.05, 3.63) is 23.5 Å². The highest BCUT2D eigenvalue weighted by Crippen LogP contribution is 2.24. The average Bonchev–Trinajstić information content (AvgIpc) is 2.94. The molecule has 1 atom stereocenters. The SMILES string of the molecule is CC.CC#Cc1cnn2c(N)cc(C3CCCNC3)nc12. The molecule has 3 rings (SSSR count). The van der Waals surface area contributed by atoms with E-state index in [0.717, 1.165) is 36.4 Å². The molecule has 1 unspecified atom stereocenters. The molecule has 0 aliphatic carbocycles. The molecule has 1 aliphatic heterocycles. The molecule has 1 fully saturated rings. The minimum atomic E-state index is 0.429. The van der Waals surface area contributed by atoms with Crippen molar-refractivity contribution in [1.82, 2.24) is 19.9 Å². The van der Waals surface area contributed by atoms with Crippen LogP contribution in [-0.4, -0.2) is 27.7 Å². The lowest BCUT2D eigenvalue weighted by Gasteiger charge is -2.22. The molecule has 0 saturated carbocycles. The number of piperidine rings is 1. The van der Waals surface area contributed by atoms with Crippen molar-refractivity contribution in [2.45, 2.75) is 39.5 Å². The van der Waals surface area contributed by atoms with E-state index in [1.165, 1.54) is 6.42 Å². The van der Waals surface area contributed by atoms with Crippen molar-refractivity contribution in [3.8, 4) is 11.8 Å². The third-order valence-electron chi connectivity index (χ3n) is 3.49.